The second-order valence-electron chi connectivity index (χ2n) is 17.4. The highest BCUT2D eigenvalue weighted by atomic mass is 32.2. The number of likely N-dealkylation sites (tertiary alicyclic amines) is 1. The average Bonchev–Trinajstić information content (AvgIpc) is 4.07. The molecule has 12 nitrogen and oxygen atoms in total. The number of hydrogen-bond acceptors (Lipinski definition) is 8. The number of rotatable bonds is 11. The van der Waals surface area contributed by atoms with Crippen LogP contribution in [0.4, 0.5) is 20.6 Å². The average molecular weight is 867 g/mol. The highest BCUT2D eigenvalue weighted by Crippen LogP contribution is 2.49. The summed E-state index contributed by atoms with van der Waals surface area (Å²) in [7, 11) is -3.57. The van der Waals surface area contributed by atoms with E-state index in [0.717, 1.165) is 118 Å². The fourth-order valence-corrected chi connectivity index (χ4v) is 13.0. The molecule has 4 atom stereocenters. The molecule has 5 aliphatic rings. The minimum Gasteiger partial charge on any atom is -0.376 e. The predicted molar refractivity (Wildman–Crippen MR) is 237 cm³/mol. The van der Waals surface area contributed by atoms with Gasteiger partial charge in [-0.3, -0.25) is 14.4 Å². The Kier molecular flexibility index (Phi) is 11.3. The fourth-order valence-electron chi connectivity index (χ4n) is 11.0. The van der Waals surface area contributed by atoms with Crippen molar-refractivity contribution in [3.63, 3.8) is 0 Å². The number of carbonyl (C=O) groups is 2. The Labute approximate surface area is 358 Å². The number of benzene rings is 4. The lowest BCUT2D eigenvalue weighted by Crippen LogP contribution is -2.34. The molecule has 322 valence electrons. The van der Waals surface area contributed by atoms with Gasteiger partial charge in [0.25, 0.3) is 5.91 Å². The summed E-state index contributed by atoms with van der Waals surface area (Å²) in [6.07, 6.45) is 12.5. The number of hydrogen-bond donors (Lipinski definition) is 6. The second kappa shape index (κ2) is 16.6. The van der Waals surface area contributed by atoms with Crippen molar-refractivity contribution in [2.75, 3.05) is 37.8 Å². The number of likely N-dealkylation sites (N-methyl/N-ethyl adjacent to an activating group) is 1. The highest BCUT2D eigenvalue weighted by molar-refractivity contribution is 7.91. The zero-order chi connectivity index (χ0) is 42.6. The molecule has 0 aromatic heterocycles. The number of fused-ring (bicyclic) bond motifs is 4. The van der Waals surface area contributed by atoms with E-state index in [4.69, 9.17) is 9.92 Å². The van der Waals surface area contributed by atoms with Crippen LogP contribution in [0.25, 0.3) is 0 Å². The molecule has 0 bridgehead atoms. The van der Waals surface area contributed by atoms with E-state index in [1.807, 2.05) is 12.1 Å². The Balaban J connectivity index is 0.893. The Morgan fingerprint density at radius 2 is 1.44 bits per heavy atom. The summed E-state index contributed by atoms with van der Waals surface area (Å²) in [6, 6.07) is 13.1. The monoisotopic (exact) mass is 866 g/mol. The smallest absolute Gasteiger partial charge is 0.354 e. The summed E-state index contributed by atoms with van der Waals surface area (Å²) < 4.78 is 57.1. The number of urea groups is 1. The quantitative estimate of drug-likeness (QED) is 0.0927. The maximum absolute atomic E-state index is 15.0. The van der Waals surface area contributed by atoms with E-state index in [9.17, 15) is 22.4 Å². The van der Waals surface area contributed by atoms with Crippen LogP contribution in [-0.4, -0.2) is 52.4 Å². The summed E-state index contributed by atoms with van der Waals surface area (Å²) in [5, 5.41) is 15.3. The number of nitrogens with two attached hydrogens (primary N) is 1. The summed E-state index contributed by atoms with van der Waals surface area (Å²) in [5.41, 5.74) is 15.0. The van der Waals surface area contributed by atoms with Crippen LogP contribution in [0.15, 0.2) is 62.7 Å². The van der Waals surface area contributed by atoms with E-state index in [2.05, 4.69) is 43.0 Å². The first-order chi connectivity index (χ1) is 29.3. The molecule has 4 aromatic rings. The largest absolute Gasteiger partial charge is 0.376 e. The molecule has 1 saturated heterocycles. The van der Waals surface area contributed by atoms with Crippen LogP contribution in [-0.2, 0) is 82.5 Å². The molecule has 3 amide bonds. The van der Waals surface area contributed by atoms with E-state index >= 15 is 0 Å². The third kappa shape index (κ3) is 7.99. The summed E-state index contributed by atoms with van der Waals surface area (Å²) in [5.74, 6) is -0.987. The van der Waals surface area contributed by atoms with Crippen molar-refractivity contribution in [3.05, 3.63) is 116 Å². The molecule has 4 unspecified atom stereocenters. The maximum atomic E-state index is 15.0. The Morgan fingerprint density at radius 1 is 0.836 bits per heavy atom. The fraction of sp³-hybridized carbons (Fsp3) is 0.435. The minimum atomic E-state index is -3.85. The number of aryl methyl sites for hydroxylation is 2. The van der Waals surface area contributed by atoms with Crippen LogP contribution in [0.3, 0.4) is 0 Å². The topological polar surface area (TPSA) is 182 Å². The van der Waals surface area contributed by atoms with Gasteiger partial charge in [-0.2, -0.15) is 0 Å². The first kappa shape index (κ1) is 41.7. The van der Waals surface area contributed by atoms with Crippen LogP contribution < -0.4 is 25.8 Å². The Hall–Kier alpha value is -4.67. The van der Waals surface area contributed by atoms with Crippen LogP contribution in [0.1, 0.15) is 105 Å². The van der Waals surface area contributed by atoms with Crippen molar-refractivity contribution in [1.29, 1.82) is 4.78 Å². The zero-order valence-electron chi connectivity index (χ0n) is 34.9. The van der Waals surface area contributed by atoms with Crippen molar-refractivity contribution in [2.45, 2.75) is 112 Å². The van der Waals surface area contributed by atoms with Crippen molar-refractivity contribution >= 4 is 43.1 Å². The number of anilines is 2. The normalized spacial score (nSPS) is 20.9. The zero-order valence-corrected chi connectivity index (χ0v) is 36.5. The van der Waals surface area contributed by atoms with Gasteiger partial charge in [0.1, 0.15) is 15.7 Å². The van der Waals surface area contributed by atoms with Crippen molar-refractivity contribution in [3.8, 4) is 0 Å². The molecule has 61 heavy (non-hydrogen) atoms. The van der Waals surface area contributed by atoms with E-state index < -0.39 is 37.6 Å². The van der Waals surface area contributed by atoms with Crippen molar-refractivity contribution < 1.29 is 22.4 Å². The third-order valence-electron chi connectivity index (χ3n) is 13.5. The number of carbonyl (C=O) groups excluding carboxylic acids is 2. The molecule has 1 aliphatic heterocycles. The molecule has 1 fully saturated rings. The molecule has 7 N–H and O–H groups in total. The summed E-state index contributed by atoms with van der Waals surface area (Å²) in [6.45, 7) is 1.23. The number of amides is 3. The summed E-state index contributed by atoms with van der Waals surface area (Å²) in [4.78, 5) is 28.9. The van der Waals surface area contributed by atoms with E-state index in [-0.39, 0.29) is 28.3 Å². The lowest BCUT2D eigenvalue weighted by Gasteiger charge is -2.24. The predicted octanol–water partition coefficient (Wildman–Crippen LogP) is 7.14. The lowest BCUT2D eigenvalue weighted by molar-refractivity contribution is -0.117. The van der Waals surface area contributed by atoms with Crippen LogP contribution in [0, 0.1) is 10.6 Å². The van der Waals surface area contributed by atoms with Gasteiger partial charge in [-0.05, 0) is 189 Å². The summed E-state index contributed by atoms with van der Waals surface area (Å²) >= 11 is 0. The van der Waals surface area contributed by atoms with E-state index in [1.165, 1.54) is 51.1 Å². The van der Waals surface area contributed by atoms with Gasteiger partial charge in [-0.25, -0.2) is 27.5 Å². The standard InChI is InChI=1S/C46H55FN8O4S2/c1-50-24-27-15-20-41(39(47)21-27)61(49,59)54-46(57)52-45-37-13-5-11-35(37)43(36-12-6-14-38(36)45)31-23-40(55(2)26-31)28-16-18-32(19-17-28)60(48,58)53-42(56)25-51-44-33-9-3-7-29(33)22-30-8-4-10-34(30)44/h15-22,31,40,50-51H,3-14,23-26H2,1-2H3,(H2,48,53,56,58)(H3,49,52,54,57,59). The number of nitrogens with zero attached hydrogens (tertiary/aromatic N) is 2. The highest BCUT2D eigenvalue weighted by Gasteiger charge is 2.38. The molecule has 4 aliphatic carbocycles. The first-order valence-electron chi connectivity index (χ1n) is 21.6. The van der Waals surface area contributed by atoms with Gasteiger partial charge < -0.3 is 16.0 Å². The van der Waals surface area contributed by atoms with Crippen LogP contribution >= 0.6 is 0 Å². The molecule has 4 aromatic carbocycles. The van der Waals surface area contributed by atoms with Crippen molar-refractivity contribution in [2.24, 2.45) is 9.50 Å². The van der Waals surface area contributed by atoms with Gasteiger partial charge in [0.15, 0.2) is 9.92 Å². The Morgan fingerprint density at radius 3 is 2.07 bits per heavy atom. The molecule has 1 heterocycles. The molecule has 0 saturated carbocycles. The van der Waals surface area contributed by atoms with Crippen LogP contribution in [0.5, 0.6) is 0 Å². The van der Waals surface area contributed by atoms with E-state index in [1.54, 1.807) is 25.2 Å². The molecule has 0 spiro atoms. The lowest BCUT2D eigenvalue weighted by atomic mass is 9.83. The Bertz CT molecular complexity index is 2630. The SMILES string of the molecule is CNCc1ccc(S(N)(=O)=NC(=O)Nc2c3c(c(C4CC(c5ccc(S(=N)(=O)NC(=O)CNc6c7c(cc8c6CCC8)CCC7)cc5)N(C)C4)c4c2CCC4)CCC3)c(F)c1. The van der Waals surface area contributed by atoms with Crippen LogP contribution in [0.2, 0.25) is 0 Å². The van der Waals surface area contributed by atoms with Gasteiger partial charge >= 0.3 is 6.03 Å². The minimum absolute atomic E-state index is 0.0373. The van der Waals surface area contributed by atoms with Gasteiger partial charge in [0.05, 0.1) is 16.3 Å². The number of halogens is 1. The molecule has 9 rings (SSSR count). The van der Waals surface area contributed by atoms with Gasteiger partial charge in [0.2, 0.25) is 0 Å². The van der Waals surface area contributed by atoms with Gasteiger partial charge in [-0.15, -0.1) is 4.36 Å². The molecule has 15 heteroatoms. The molecule has 0 radical (unpaired) electrons. The second-order valence-corrected chi connectivity index (χ2v) is 21.0. The van der Waals surface area contributed by atoms with Gasteiger partial charge in [0, 0.05) is 30.5 Å². The van der Waals surface area contributed by atoms with Gasteiger partial charge in [-0.1, -0.05) is 24.3 Å². The first-order valence-corrected chi connectivity index (χ1v) is 24.7. The number of nitrogens with one attached hydrogen (secondary N) is 5. The molecular weight excluding hydrogens is 812 g/mol. The van der Waals surface area contributed by atoms with E-state index in [0.29, 0.717) is 12.1 Å². The maximum Gasteiger partial charge on any atom is 0.354 e. The van der Waals surface area contributed by atoms with Crippen molar-refractivity contribution in [1.82, 2.24) is 14.9 Å². The third-order valence-corrected chi connectivity index (χ3v) is 16.4. The molecular formula is C46H55FN8O4S2.